The van der Waals surface area contributed by atoms with Crippen LogP contribution in [-0.2, 0) is 6.18 Å². The molecule has 3 rings (SSSR count). The van der Waals surface area contributed by atoms with Crippen molar-refractivity contribution in [2.24, 2.45) is 0 Å². The van der Waals surface area contributed by atoms with Crippen LogP contribution in [0.25, 0.3) is 11.1 Å². The van der Waals surface area contributed by atoms with Crippen LogP contribution in [0.1, 0.15) is 22.8 Å². The third-order valence-corrected chi connectivity index (χ3v) is 5.08. The Hall–Kier alpha value is -3.00. The summed E-state index contributed by atoms with van der Waals surface area (Å²) in [7, 11) is 0. The lowest BCUT2D eigenvalue weighted by molar-refractivity contribution is -0.137. The quantitative estimate of drug-likeness (QED) is 0.544. The number of amides is 1. The van der Waals surface area contributed by atoms with Crippen LogP contribution in [0.2, 0.25) is 0 Å². The van der Waals surface area contributed by atoms with E-state index >= 15 is 0 Å². The van der Waals surface area contributed by atoms with E-state index in [4.69, 9.17) is 0 Å². The maximum absolute atomic E-state index is 12.9. The Labute approximate surface area is 169 Å². The molecule has 8 heteroatoms. The van der Waals surface area contributed by atoms with E-state index in [9.17, 15) is 22.8 Å². The number of carbonyl (C=O) groups excluding carboxylic acids is 1. The van der Waals surface area contributed by atoms with Gasteiger partial charge in [-0.25, -0.2) is 0 Å². The molecule has 0 unspecified atom stereocenters. The molecule has 0 saturated carbocycles. The van der Waals surface area contributed by atoms with Gasteiger partial charge in [-0.15, -0.1) is 11.8 Å². The lowest BCUT2D eigenvalue weighted by Gasteiger charge is -2.14. The van der Waals surface area contributed by atoms with Gasteiger partial charge in [0, 0.05) is 16.7 Å². The molecular weight excluding hydrogens is 401 g/mol. The van der Waals surface area contributed by atoms with Crippen LogP contribution < -0.4 is 10.9 Å². The topological polar surface area (TPSA) is 62.0 Å². The van der Waals surface area contributed by atoms with Crippen molar-refractivity contribution < 1.29 is 18.0 Å². The van der Waals surface area contributed by atoms with E-state index in [2.05, 4.69) is 5.32 Å². The number of hydrogen-bond acceptors (Lipinski definition) is 3. The number of nitrogens with one attached hydrogen (secondary N) is 2. The number of aromatic nitrogens is 1. The molecule has 0 aliphatic carbocycles. The van der Waals surface area contributed by atoms with Gasteiger partial charge in [0.1, 0.15) is 5.69 Å². The van der Waals surface area contributed by atoms with Crippen molar-refractivity contribution >= 4 is 23.4 Å². The molecule has 0 aliphatic heterocycles. The largest absolute Gasteiger partial charge is 0.417 e. The van der Waals surface area contributed by atoms with E-state index in [1.807, 2.05) is 36.2 Å². The van der Waals surface area contributed by atoms with E-state index in [1.165, 1.54) is 0 Å². The third-order valence-electron chi connectivity index (χ3n) is 4.13. The molecule has 0 fully saturated rings. The number of anilines is 1. The number of carbonyl (C=O) groups is 1. The molecule has 2 aromatic carbocycles. The summed E-state index contributed by atoms with van der Waals surface area (Å²) in [6, 6.07) is 15.0. The second-order valence-corrected chi connectivity index (χ2v) is 7.36. The minimum Gasteiger partial charge on any atom is -0.327 e. The highest BCUT2D eigenvalue weighted by Gasteiger charge is 2.31. The lowest BCUT2D eigenvalue weighted by Crippen LogP contribution is -2.22. The van der Waals surface area contributed by atoms with E-state index < -0.39 is 28.9 Å². The van der Waals surface area contributed by atoms with Crippen molar-refractivity contribution in [1.29, 1.82) is 0 Å². The molecule has 0 saturated heterocycles. The Kier molecular flexibility index (Phi) is 6.12. The number of benzene rings is 2. The van der Waals surface area contributed by atoms with Crippen molar-refractivity contribution in [3.63, 3.8) is 0 Å². The average Bonchev–Trinajstić information content (AvgIpc) is 2.69. The maximum atomic E-state index is 12.9. The van der Waals surface area contributed by atoms with Gasteiger partial charge in [-0.05, 0) is 35.1 Å². The number of halogens is 3. The van der Waals surface area contributed by atoms with Gasteiger partial charge in [0.2, 0.25) is 0 Å². The molecule has 29 heavy (non-hydrogen) atoms. The first kappa shape index (κ1) is 20.7. The number of H-pyrrole nitrogens is 1. The van der Waals surface area contributed by atoms with Crippen molar-refractivity contribution in [2.45, 2.75) is 18.0 Å². The smallest absolute Gasteiger partial charge is 0.327 e. The number of thioether (sulfide) groups is 1. The minimum atomic E-state index is -4.64. The van der Waals surface area contributed by atoms with Crippen molar-refractivity contribution in [1.82, 2.24) is 4.98 Å². The summed E-state index contributed by atoms with van der Waals surface area (Å²) in [4.78, 5) is 27.7. The first-order valence-electron chi connectivity index (χ1n) is 8.73. The number of aromatic amines is 1. The monoisotopic (exact) mass is 418 g/mol. The van der Waals surface area contributed by atoms with Gasteiger partial charge in [0.25, 0.3) is 11.5 Å². The van der Waals surface area contributed by atoms with Crippen LogP contribution in [0.5, 0.6) is 0 Å². The summed E-state index contributed by atoms with van der Waals surface area (Å²) in [5.74, 6) is 0.173. The van der Waals surface area contributed by atoms with Gasteiger partial charge >= 0.3 is 6.18 Å². The second kappa shape index (κ2) is 8.57. The zero-order chi connectivity index (χ0) is 21.0. The van der Waals surface area contributed by atoms with Crippen LogP contribution in [0.4, 0.5) is 18.9 Å². The maximum Gasteiger partial charge on any atom is 0.417 e. The highest BCUT2D eigenvalue weighted by Crippen LogP contribution is 2.34. The summed E-state index contributed by atoms with van der Waals surface area (Å²) in [6.45, 7) is 2.01. The van der Waals surface area contributed by atoms with Gasteiger partial charge in [0.15, 0.2) is 0 Å². The normalized spacial score (nSPS) is 11.3. The molecule has 0 spiro atoms. The molecule has 1 aromatic heterocycles. The molecule has 2 N–H and O–H groups in total. The summed E-state index contributed by atoms with van der Waals surface area (Å²) < 4.78 is 38.8. The molecule has 150 valence electrons. The Morgan fingerprint density at radius 2 is 1.72 bits per heavy atom. The number of alkyl halides is 3. The first-order valence-corrected chi connectivity index (χ1v) is 9.72. The van der Waals surface area contributed by atoms with Gasteiger partial charge in [-0.2, -0.15) is 13.2 Å². The summed E-state index contributed by atoms with van der Waals surface area (Å²) >= 11 is 1.62. The Morgan fingerprint density at radius 3 is 2.41 bits per heavy atom. The fraction of sp³-hybridized carbons (Fsp3) is 0.143. The van der Waals surface area contributed by atoms with Crippen LogP contribution in [0, 0.1) is 0 Å². The molecule has 0 atom stereocenters. The fourth-order valence-electron chi connectivity index (χ4n) is 2.82. The van der Waals surface area contributed by atoms with Crippen LogP contribution in [0.3, 0.4) is 0 Å². The van der Waals surface area contributed by atoms with Crippen LogP contribution >= 0.6 is 11.8 Å². The van der Waals surface area contributed by atoms with E-state index in [0.29, 0.717) is 17.8 Å². The van der Waals surface area contributed by atoms with E-state index in [0.717, 1.165) is 16.2 Å². The highest BCUT2D eigenvalue weighted by atomic mass is 32.2. The van der Waals surface area contributed by atoms with Crippen molar-refractivity contribution in [3.05, 3.63) is 82.3 Å². The minimum absolute atomic E-state index is 0.258. The molecule has 0 bridgehead atoms. The Bertz CT molecular complexity index is 1090. The molecule has 1 amide bonds. The van der Waals surface area contributed by atoms with Crippen molar-refractivity contribution in [2.75, 3.05) is 11.1 Å². The fourth-order valence-corrected chi connectivity index (χ4v) is 3.64. The Balaban J connectivity index is 2.00. The zero-order valence-corrected chi connectivity index (χ0v) is 16.2. The molecule has 0 radical (unpaired) electrons. The zero-order valence-electron chi connectivity index (χ0n) is 15.3. The van der Waals surface area contributed by atoms with Crippen LogP contribution in [0.15, 0.2) is 70.5 Å². The molecule has 3 aromatic rings. The number of rotatable bonds is 5. The van der Waals surface area contributed by atoms with Gasteiger partial charge in [0.05, 0.1) is 5.56 Å². The lowest BCUT2D eigenvalue weighted by atomic mass is 9.99. The molecule has 4 nitrogen and oxygen atoms in total. The van der Waals surface area contributed by atoms with Gasteiger partial charge < -0.3 is 10.3 Å². The van der Waals surface area contributed by atoms with E-state index in [1.54, 1.807) is 36.0 Å². The molecular formula is C21H17F3N2O2S. The summed E-state index contributed by atoms with van der Waals surface area (Å²) in [5, 5.41) is 2.31. The predicted octanol–water partition coefficient (Wildman–Crippen LogP) is 5.43. The van der Waals surface area contributed by atoms with Gasteiger partial charge in [-0.1, -0.05) is 43.3 Å². The van der Waals surface area contributed by atoms with Crippen molar-refractivity contribution in [3.8, 4) is 11.1 Å². The first-order chi connectivity index (χ1) is 13.8. The summed E-state index contributed by atoms with van der Waals surface area (Å²) in [5.41, 5.74) is -0.603. The SMILES string of the molecule is CCSc1ccccc1-c1ccccc1C(=O)Nc1cc(C(F)(F)F)c[nH]c1=O. The van der Waals surface area contributed by atoms with Crippen LogP contribution in [-0.4, -0.2) is 16.6 Å². The number of hydrogen-bond donors (Lipinski definition) is 2. The molecule has 1 heterocycles. The highest BCUT2D eigenvalue weighted by molar-refractivity contribution is 7.99. The number of pyridine rings is 1. The predicted molar refractivity (Wildman–Crippen MR) is 108 cm³/mol. The summed E-state index contributed by atoms with van der Waals surface area (Å²) in [6.07, 6.45) is -4.07. The third kappa shape index (κ3) is 4.71. The second-order valence-electron chi connectivity index (χ2n) is 6.06. The average molecular weight is 418 g/mol. The Morgan fingerprint density at radius 1 is 1.07 bits per heavy atom. The van der Waals surface area contributed by atoms with E-state index in [-0.39, 0.29) is 5.56 Å². The standard InChI is InChI=1S/C21H17F3N2O2S/c1-2-29-18-10-6-5-8-15(18)14-7-3-4-9-16(14)19(27)26-17-11-13(21(22,23)24)12-25-20(17)28/h3-12H,2H2,1H3,(H,25,28)(H,26,27). The van der Waals surface area contributed by atoms with Gasteiger partial charge in [-0.3, -0.25) is 9.59 Å². The molecule has 0 aliphatic rings.